The predicted molar refractivity (Wildman–Crippen MR) is 129 cm³/mol. The summed E-state index contributed by atoms with van der Waals surface area (Å²) in [7, 11) is 0. The largest absolute Gasteiger partial charge is 0.322 e. The topological polar surface area (TPSA) is 67.2 Å². The Morgan fingerprint density at radius 1 is 1.13 bits per heavy atom. The molecule has 6 nitrogen and oxygen atoms in total. The number of nitrogens with zero attached hydrogens (tertiary/aromatic N) is 3. The van der Waals surface area contributed by atoms with Crippen LogP contribution in [0.1, 0.15) is 50.8 Å². The second-order valence-electron chi connectivity index (χ2n) is 8.04. The monoisotopic (exact) mass is 456 g/mol. The van der Waals surface area contributed by atoms with Gasteiger partial charge in [-0.2, -0.15) is 0 Å². The molecule has 1 amide bonds. The molecule has 1 aliphatic heterocycles. The molecule has 1 aliphatic rings. The van der Waals surface area contributed by atoms with E-state index in [1.807, 2.05) is 0 Å². The van der Waals surface area contributed by atoms with E-state index in [4.69, 9.17) is 0 Å². The first-order chi connectivity index (χ1) is 14.9. The van der Waals surface area contributed by atoms with Crippen molar-refractivity contribution < 1.29 is 4.79 Å². The first kappa shape index (κ1) is 22.0. The van der Waals surface area contributed by atoms with Crippen molar-refractivity contribution in [2.75, 3.05) is 24.2 Å². The molecule has 0 fully saturated rings. The van der Waals surface area contributed by atoms with Gasteiger partial charge in [0.25, 0.3) is 5.56 Å². The molecule has 0 spiro atoms. The number of benzene rings is 1. The summed E-state index contributed by atoms with van der Waals surface area (Å²) in [5.41, 5.74) is 3.76. The molecule has 0 saturated heterocycles. The lowest BCUT2D eigenvalue weighted by Crippen LogP contribution is -2.34. The number of amides is 1. The average Bonchev–Trinajstić information content (AvgIpc) is 3.14. The molecular formula is C23H28N4O2S2. The Labute approximate surface area is 190 Å². The Kier molecular flexibility index (Phi) is 6.50. The highest BCUT2D eigenvalue weighted by molar-refractivity contribution is 8.02. The highest BCUT2D eigenvalue weighted by atomic mass is 32.2. The zero-order chi connectivity index (χ0) is 22.1. The highest BCUT2D eigenvalue weighted by Gasteiger charge is 2.25. The Balaban J connectivity index is 1.72. The van der Waals surface area contributed by atoms with Gasteiger partial charge in [0.1, 0.15) is 10.2 Å². The zero-order valence-corrected chi connectivity index (χ0v) is 20.0. The summed E-state index contributed by atoms with van der Waals surface area (Å²) in [5.74, 6) is 0.817. The van der Waals surface area contributed by atoms with E-state index in [0.29, 0.717) is 34.1 Å². The maximum absolute atomic E-state index is 13.3. The number of carbonyl (C=O) groups is 1. The van der Waals surface area contributed by atoms with E-state index in [2.05, 4.69) is 67.2 Å². The van der Waals surface area contributed by atoms with Crippen molar-refractivity contribution in [2.24, 2.45) is 0 Å². The van der Waals surface area contributed by atoms with Crippen LogP contribution in [0.2, 0.25) is 0 Å². The molecule has 0 bridgehead atoms. The Bertz CT molecular complexity index is 1150. The molecule has 1 aromatic carbocycles. The van der Waals surface area contributed by atoms with Gasteiger partial charge in [-0.1, -0.05) is 52.0 Å². The Morgan fingerprint density at radius 3 is 2.45 bits per heavy atom. The van der Waals surface area contributed by atoms with Gasteiger partial charge in [0.2, 0.25) is 5.91 Å². The first-order valence-corrected chi connectivity index (χ1v) is 12.5. The summed E-state index contributed by atoms with van der Waals surface area (Å²) >= 11 is 2.90. The lowest BCUT2D eigenvalue weighted by atomic mass is 9.98. The smallest absolute Gasteiger partial charge is 0.271 e. The molecule has 3 aromatic rings. The molecule has 0 saturated carbocycles. The number of fused-ring (bicyclic) bond motifs is 3. The minimum Gasteiger partial charge on any atom is -0.322 e. The minimum atomic E-state index is -0.0466. The van der Waals surface area contributed by atoms with Gasteiger partial charge < -0.3 is 5.32 Å². The number of nitrogens with one attached hydrogen (secondary N) is 1. The first-order valence-electron chi connectivity index (χ1n) is 10.7. The van der Waals surface area contributed by atoms with Crippen LogP contribution in [0.5, 0.6) is 0 Å². The van der Waals surface area contributed by atoms with Crippen LogP contribution < -0.4 is 10.9 Å². The van der Waals surface area contributed by atoms with Gasteiger partial charge in [0, 0.05) is 6.54 Å². The van der Waals surface area contributed by atoms with Crippen molar-refractivity contribution in [1.29, 1.82) is 0 Å². The summed E-state index contributed by atoms with van der Waals surface area (Å²) in [6, 6.07) is 8.83. The highest BCUT2D eigenvalue weighted by Crippen LogP contribution is 2.42. The number of thioether (sulfide) groups is 1. The maximum Gasteiger partial charge on any atom is 0.271 e. The number of hydrogen-bond acceptors (Lipinski definition) is 6. The third-order valence-corrected chi connectivity index (χ3v) is 8.28. The Hall–Kier alpha value is -2.16. The molecule has 0 aliphatic carbocycles. The molecule has 1 N–H and O–H groups in total. The fourth-order valence-electron chi connectivity index (χ4n) is 4.01. The van der Waals surface area contributed by atoms with Crippen LogP contribution in [-0.4, -0.2) is 39.2 Å². The normalized spacial score (nSPS) is 14.8. The molecule has 0 radical (unpaired) electrons. The summed E-state index contributed by atoms with van der Waals surface area (Å²) in [6.07, 6.45) is 1.63. The molecule has 31 heavy (non-hydrogen) atoms. The molecule has 0 unspecified atom stereocenters. The third-order valence-electron chi connectivity index (χ3n) is 5.84. The van der Waals surface area contributed by atoms with Crippen molar-refractivity contribution in [3.63, 3.8) is 0 Å². The third kappa shape index (κ3) is 4.29. The van der Waals surface area contributed by atoms with Gasteiger partial charge in [-0.05, 0) is 30.1 Å². The van der Waals surface area contributed by atoms with Crippen LogP contribution in [0.15, 0.2) is 39.6 Å². The van der Waals surface area contributed by atoms with E-state index < -0.39 is 0 Å². The van der Waals surface area contributed by atoms with Gasteiger partial charge in [-0.25, -0.2) is 4.98 Å². The standard InChI is InChI=1S/C23H28N4O2S2/c1-5-26(6-2)17(16-9-7-15(8-10-16)14(3)4)11-27-13-24-19-20-23(30-12-18(28)25-20)31-21(19)22(27)29/h7-10,13-14,17H,5-6,11-12H2,1-4H3,(H,25,28)/t17-/m0/s1. The molecule has 1 atom stereocenters. The van der Waals surface area contributed by atoms with Gasteiger partial charge >= 0.3 is 0 Å². The van der Waals surface area contributed by atoms with Crippen molar-refractivity contribution >= 4 is 44.9 Å². The number of hydrogen-bond donors (Lipinski definition) is 1. The summed E-state index contributed by atoms with van der Waals surface area (Å²) in [6.45, 7) is 11.0. The summed E-state index contributed by atoms with van der Waals surface area (Å²) < 4.78 is 3.29. The van der Waals surface area contributed by atoms with Gasteiger partial charge in [0.15, 0.2) is 0 Å². The molecule has 2 aromatic heterocycles. The predicted octanol–water partition coefficient (Wildman–Crippen LogP) is 4.71. The number of carbonyl (C=O) groups excluding carboxylic acids is 1. The Morgan fingerprint density at radius 2 is 1.81 bits per heavy atom. The van der Waals surface area contributed by atoms with Crippen molar-refractivity contribution in [2.45, 2.75) is 50.4 Å². The zero-order valence-electron chi connectivity index (χ0n) is 18.3. The van der Waals surface area contributed by atoms with Gasteiger partial charge in [0.05, 0.1) is 28.0 Å². The van der Waals surface area contributed by atoms with E-state index in [1.165, 1.54) is 34.2 Å². The van der Waals surface area contributed by atoms with E-state index in [1.54, 1.807) is 10.9 Å². The second-order valence-corrected chi connectivity index (χ2v) is 10.3. The van der Waals surface area contributed by atoms with Gasteiger partial charge in [-0.3, -0.25) is 19.1 Å². The van der Waals surface area contributed by atoms with Crippen molar-refractivity contribution in [3.8, 4) is 0 Å². The average molecular weight is 457 g/mol. The van der Waals surface area contributed by atoms with Crippen LogP contribution in [0, 0.1) is 0 Å². The maximum atomic E-state index is 13.3. The fraction of sp³-hybridized carbons (Fsp3) is 0.435. The van der Waals surface area contributed by atoms with Crippen LogP contribution in [0.4, 0.5) is 5.69 Å². The lowest BCUT2D eigenvalue weighted by molar-refractivity contribution is -0.113. The molecule has 164 valence electrons. The van der Waals surface area contributed by atoms with Crippen LogP contribution in [0.25, 0.3) is 10.2 Å². The SMILES string of the molecule is CCN(CC)[C@@H](Cn1cnc2c3c(sc2c1=O)SCC(=O)N3)c1ccc(C(C)C)cc1. The second kappa shape index (κ2) is 9.14. The van der Waals surface area contributed by atoms with Crippen LogP contribution in [0.3, 0.4) is 0 Å². The lowest BCUT2D eigenvalue weighted by Gasteiger charge is -2.30. The van der Waals surface area contributed by atoms with E-state index in [0.717, 1.165) is 17.3 Å². The molecule has 3 heterocycles. The van der Waals surface area contributed by atoms with E-state index in [9.17, 15) is 9.59 Å². The van der Waals surface area contributed by atoms with E-state index in [-0.39, 0.29) is 17.5 Å². The van der Waals surface area contributed by atoms with E-state index >= 15 is 0 Å². The number of thiophene rings is 1. The minimum absolute atomic E-state index is 0.0461. The number of aromatic nitrogens is 2. The van der Waals surface area contributed by atoms with Gasteiger partial charge in [-0.15, -0.1) is 23.1 Å². The van der Waals surface area contributed by atoms with Crippen molar-refractivity contribution in [1.82, 2.24) is 14.5 Å². The fourth-order valence-corrected chi connectivity index (χ4v) is 6.19. The quantitative estimate of drug-likeness (QED) is 0.558. The molecule has 8 heteroatoms. The van der Waals surface area contributed by atoms with Crippen molar-refractivity contribution in [3.05, 3.63) is 52.1 Å². The number of anilines is 1. The summed E-state index contributed by atoms with van der Waals surface area (Å²) in [4.78, 5) is 32.1. The molecule has 4 rings (SSSR count). The molecular weight excluding hydrogens is 428 g/mol. The van der Waals surface area contributed by atoms with Crippen LogP contribution in [-0.2, 0) is 11.3 Å². The summed E-state index contributed by atoms with van der Waals surface area (Å²) in [5, 5.41) is 2.88. The number of rotatable bonds is 7. The van der Waals surface area contributed by atoms with Crippen LogP contribution >= 0.6 is 23.1 Å². The number of likely N-dealkylation sites (N-methyl/N-ethyl adjacent to an activating group) is 1.